The van der Waals surface area contributed by atoms with Crippen molar-refractivity contribution in [2.24, 2.45) is 0 Å². The fraction of sp³-hybridized carbons (Fsp3) is 0.130. The van der Waals surface area contributed by atoms with Crippen LogP contribution in [0.15, 0.2) is 77.0 Å². The number of Topliss-reactive ketones (excluding diaryl/α,β-unsaturated/α-hetero) is 1. The molecule has 1 N–H and O–H groups in total. The maximum absolute atomic E-state index is 13.0. The van der Waals surface area contributed by atoms with Gasteiger partial charge in [-0.15, -0.1) is 0 Å². The summed E-state index contributed by atoms with van der Waals surface area (Å²) in [6.07, 6.45) is 2.99. The van der Waals surface area contributed by atoms with Gasteiger partial charge in [-0.05, 0) is 55.0 Å². The van der Waals surface area contributed by atoms with E-state index < -0.39 is 17.7 Å². The molecule has 31 heavy (non-hydrogen) atoms. The Morgan fingerprint density at radius 1 is 1.06 bits per heavy atom. The Hall–Kier alpha value is -3.52. The van der Waals surface area contributed by atoms with Crippen LogP contribution in [0, 0.1) is 0 Å². The van der Waals surface area contributed by atoms with Crippen molar-refractivity contribution in [2.45, 2.75) is 13.0 Å². The second kappa shape index (κ2) is 8.69. The molecule has 0 radical (unpaired) electrons. The van der Waals surface area contributed by atoms with Crippen molar-refractivity contribution in [2.75, 3.05) is 11.5 Å². The van der Waals surface area contributed by atoms with Crippen LogP contribution >= 0.6 is 15.9 Å². The summed E-state index contributed by atoms with van der Waals surface area (Å²) in [5.74, 6) is -1.14. The quantitative estimate of drug-likeness (QED) is 0.333. The first-order chi connectivity index (χ1) is 15.0. The Labute approximate surface area is 187 Å². The monoisotopic (exact) mass is 479 g/mol. The van der Waals surface area contributed by atoms with Crippen LogP contribution in [0.3, 0.4) is 0 Å². The molecule has 0 bridgehead atoms. The van der Waals surface area contributed by atoms with E-state index in [2.05, 4.69) is 25.9 Å². The number of halogens is 1. The van der Waals surface area contributed by atoms with Gasteiger partial charge < -0.3 is 9.84 Å². The molecule has 7 nitrogen and oxygen atoms in total. The number of carbonyl (C=O) groups excluding carboxylic acids is 2. The summed E-state index contributed by atoms with van der Waals surface area (Å²) in [5, 5.41) is 11.1. The summed E-state index contributed by atoms with van der Waals surface area (Å²) in [6, 6.07) is 14.6. The van der Waals surface area contributed by atoms with Crippen LogP contribution in [-0.2, 0) is 9.59 Å². The number of nitrogens with zero attached hydrogens (tertiary/aromatic N) is 3. The molecule has 1 aliphatic rings. The lowest BCUT2D eigenvalue weighted by atomic mass is 9.95. The van der Waals surface area contributed by atoms with Crippen LogP contribution in [0.5, 0.6) is 5.75 Å². The molecule has 2 aromatic carbocycles. The number of anilines is 1. The van der Waals surface area contributed by atoms with Gasteiger partial charge in [0.15, 0.2) is 0 Å². The van der Waals surface area contributed by atoms with Crippen LogP contribution in [0.1, 0.15) is 24.1 Å². The molecule has 1 aromatic heterocycles. The largest absolute Gasteiger partial charge is 0.507 e. The number of aliphatic hydroxyl groups excluding tert-OH is 1. The number of rotatable bonds is 5. The maximum Gasteiger partial charge on any atom is 0.302 e. The van der Waals surface area contributed by atoms with E-state index in [1.54, 1.807) is 54.6 Å². The van der Waals surface area contributed by atoms with Crippen molar-refractivity contribution in [3.8, 4) is 5.75 Å². The number of aromatic nitrogens is 2. The molecule has 3 aromatic rings. The SMILES string of the molecule is CCOc1ccc(/C(O)=C2/C(=O)C(=O)N(c3ncccn3)C2c2ccc(Br)cc2)cc1. The fourth-order valence-corrected chi connectivity index (χ4v) is 3.71. The molecule has 4 rings (SSSR count). The van der Waals surface area contributed by atoms with Crippen molar-refractivity contribution in [1.29, 1.82) is 0 Å². The van der Waals surface area contributed by atoms with E-state index in [4.69, 9.17) is 4.74 Å². The third kappa shape index (κ3) is 3.94. The van der Waals surface area contributed by atoms with Gasteiger partial charge in [0.25, 0.3) is 5.78 Å². The highest BCUT2D eigenvalue weighted by atomic mass is 79.9. The number of hydrogen-bond acceptors (Lipinski definition) is 6. The van der Waals surface area contributed by atoms with Crippen molar-refractivity contribution in [3.63, 3.8) is 0 Å². The second-order valence-electron chi connectivity index (χ2n) is 6.73. The first-order valence-electron chi connectivity index (χ1n) is 9.58. The Morgan fingerprint density at radius 3 is 2.32 bits per heavy atom. The number of hydrogen-bond donors (Lipinski definition) is 1. The van der Waals surface area contributed by atoms with E-state index in [1.165, 1.54) is 17.3 Å². The molecule has 1 fully saturated rings. The van der Waals surface area contributed by atoms with E-state index >= 15 is 0 Å². The predicted molar refractivity (Wildman–Crippen MR) is 119 cm³/mol. The average molecular weight is 480 g/mol. The Balaban J connectivity index is 1.88. The highest BCUT2D eigenvalue weighted by Gasteiger charge is 2.48. The zero-order valence-electron chi connectivity index (χ0n) is 16.5. The van der Waals surface area contributed by atoms with E-state index in [0.29, 0.717) is 23.5 Å². The van der Waals surface area contributed by atoms with Gasteiger partial charge >= 0.3 is 5.91 Å². The molecule has 1 unspecified atom stereocenters. The van der Waals surface area contributed by atoms with Crippen LogP contribution in [0.25, 0.3) is 5.76 Å². The standard InChI is InChI=1S/C23H18BrN3O4/c1-2-31-17-10-6-15(7-11-17)20(28)18-19(14-4-8-16(24)9-5-14)27(22(30)21(18)29)23-25-12-3-13-26-23/h3-13,19,28H,2H2,1H3/b20-18-. The highest BCUT2D eigenvalue weighted by molar-refractivity contribution is 9.10. The molecule has 0 saturated carbocycles. The molecular formula is C23H18BrN3O4. The number of aliphatic hydroxyl groups is 1. The van der Waals surface area contributed by atoms with Gasteiger partial charge in [0.05, 0.1) is 18.2 Å². The van der Waals surface area contributed by atoms with E-state index in [-0.39, 0.29) is 17.3 Å². The molecule has 0 aliphatic carbocycles. The minimum Gasteiger partial charge on any atom is -0.507 e. The molecule has 1 aliphatic heterocycles. The predicted octanol–water partition coefficient (Wildman–Crippen LogP) is 4.26. The molecule has 0 spiro atoms. The van der Waals surface area contributed by atoms with E-state index in [0.717, 1.165) is 4.47 Å². The summed E-state index contributed by atoms with van der Waals surface area (Å²) >= 11 is 3.39. The maximum atomic E-state index is 13.0. The summed E-state index contributed by atoms with van der Waals surface area (Å²) in [6.45, 7) is 2.39. The number of amides is 1. The lowest BCUT2D eigenvalue weighted by Crippen LogP contribution is -2.31. The minimum atomic E-state index is -0.873. The third-order valence-electron chi connectivity index (χ3n) is 4.84. The molecule has 8 heteroatoms. The second-order valence-corrected chi connectivity index (χ2v) is 7.64. The Morgan fingerprint density at radius 2 is 1.71 bits per heavy atom. The van der Waals surface area contributed by atoms with E-state index in [1.807, 2.05) is 6.92 Å². The fourth-order valence-electron chi connectivity index (χ4n) is 3.45. The van der Waals surface area contributed by atoms with Gasteiger partial charge in [0.1, 0.15) is 11.5 Å². The minimum absolute atomic E-state index is 0.0241. The van der Waals surface area contributed by atoms with Gasteiger partial charge in [-0.3, -0.25) is 14.5 Å². The molecule has 156 valence electrons. The topological polar surface area (TPSA) is 92.6 Å². The zero-order chi connectivity index (χ0) is 22.0. The number of benzene rings is 2. The zero-order valence-corrected chi connectivity index (χ0v) is 18.1. The summed E-state index contributed by atoms with van der Waals surface area (Å²) < 4.78 is 6.28. The van der Waals surface area contributed by atoms with Crippen molar-refractivity contribution >= 4 is 39.3 Å². The molecule has 1 saturated heterocycles. The van der Waals surface area contributed by atoms with Crippen molar-refractivity contribution in [1.82, 2.24) is 9.97 Å². The number of ketones is 1. The Bertz CT molecular complexity index is 1150. The van der Waals surface area contributed by atoms with Gasteiger partial charge in [-0.2, -0.15) is 0 Å². The number of ether oxygens (including phenoxy) is 1. The lowest BCUT2D eigenvalue weighted by molar-refractivity contribution is -0.132. The molecule has 2 heterocycles. The molecular weight excluding hydrogens is 462 g/mol. The van der Waals surface area contributed by atoms with Crippen LogP contribution < -0.4 is 9.64 Å². The lowest BCUT2D eigenvalue weighted by Gasteiger charge is -2.23. The van der Waals surface area contributed by atoms with Gasteiger partial charge in [0, 0.05) is 22.4 Å². The van der Waals surface area contributed by atoms with Gasteiger partial charge in [0.2, 0.25) is 5.95 Å². The van der Waals surface area contributed by atoms with Crippen molar-refractivity contribution in [3.05, 3.63) is 88.2 Å². The first kappa shape index (κ1) is 20.7. The molecule has 1 atom stereocenters. The van der Waals surface area contributed by atoms with Crippen LogP contribution in [0.2, 0.25) is 0 Å². The summed E-state index contributed by atoms with van der Waals surface area (Å²) in [4.78, 5) is 35.5. The van der Waals surface area contributed by atoms with Crippen LogP contribution in [-0.4, -0.2) is 33.4 Å². The van der Waals surface area contributed by atoms with E-state index in [9.17, 15) is 14.7 Å². The first-order valence-corrected chi connectivity index (χ1v) is 10.4. The highest BCUT2D eigenvalue weighted by Crippen LogP contribution is 2.41. The van der Waals surface area contributed by atoms with Gasteiger partial charge in [-0.25, -0.2) is 9.97 Å². The average Bonchev–Trinajstić information content (AvgIpc) is 3.06. The van der Waals surface area contributed by atoms with Gasteiger partial charge in [-0.1, -0.05) is 28.1 Å². The van der Waals surface area contributed by atoms with Crippen molar-refractivity contribution < 1.29 is 19.4 Å². The third-order valence-corrected chi connectivity index (χ3v) is 5.37. The van der Waals surface area contributed by atoms with Crippen LogP contribution in [0.4, 0.5) is 5.95 Å². The smallest absolute Gasteiger partial charge is 0.302 e. The molecule has 1 amide bonds. The number of carbonyl (C=O) groups is 2. The summed E-state index contributed by atoms with van der Waals surface area (Å²) in [5.41, 5.74) is 1.02. The summed E-state index contributed by atoms with van der Waals surface area (Å²) in [7, 11) is 0. The normalized spacial score (nSPS) is 17.7. The Kier molecular flexibility index (Phi) is 5.81.